The Labute approximate surface area is 113 Å². The van der Waals surface area contributed by atoms with Crippen LogP contribution in [0.4, 0.5) is 8.78 Å². The van der Waals surface area contributed by atoms with E-state index in [0.29, 0.717) is 13.0 Å². The largest absolute Gasteiger partial charge is 0.303 e. The minimum Gasteiger partial charge on any atom is -0.303 e. The molecule has 0 saturated heterocycles. The topological polar surface area (TPSA) is 20.3 Å². The van der Waals surface area contributed by atoms with Crippen LogP contribution in [0.1, 0.15) is 43.5 Å². The zero-order valence-electron chi connectivity index (χ0n) is 11.6. The molecule has 0 saturated carbocycles. The van der Waals surface area contributed by atoms with Gasteiger partial charge in [-0.1, -0.05) is 13.8 Å². The second-order valence-corrected chi connectivity index (χ2v) is 4.67. The van der Waals surface area contributed by atoms with Crippen LogP contribution in [0.2, 0.25) is 0 Å². The van der Waals surface area contributed by atoms with Crippen LogP contribution in [-0.4, -0.2) is 30.3 Å². The van der Waals surface area contributed by atoms with E-state index in [4.69, 9.17) is 0 Å². The predicted octanol–water partition coefficient (Wildman–Crippen LogP) is 3.66. The smallest absolute Gasteiger partial charge is 0.164 e. The molecule has 0 aliphatic rings. The third-order valence-electron chi connectivity index (χ3n) is 2.92. The molecule has 0 N–H and O–H groups in total. The minimum absolute atomic E-state index is 0.116. The minimum atomic E-state index is -0.706. The molecular formula is C15H21F2NO. The molecular weight excluding hydrogens is 248 g/mol. The number of benzene rings is 1. The average Bonchev–Trinajstić information content (AvgIpc) is 2.35. The second-order valence-electron chi connectivity index (χ2n) is 4.67. The van der Waals surface area contributed by atoms with E-state index in [1.54, 1.807) is 0 Å². The maximum absolute atomic E-state index is 13.0. The van der Waals surface area contributed by atoms with Crippen LogP contribution in [0, 0.1) is 11.6 Å². The Kier molecular flexibility index (Phi) is 6.64. The fourth-order valence-electron chi connectivity index (χ4n) is 2.09. The van der Waals surface area contributed by atoms with Crippen molar-refractivity contribution in [3.05, 3.63) is 35.4 Å². The van der Waals surface area contributed by atoms with Crippen LogP contribution < -0.4 is 0 Å². The van der Waals surface area contributed by atoms with Crippen molar-refractivity contribution in [3.63, 3.8) is 0 Å². The fraction of sp³-hybridized carbons (Fsp3) is 0.533. The molecule has 0 fully saturated rings. The van der Waals surface area contributed by atoms with Crippen LogP contribution in [-0.2, 0) is 0 Å². The fourth-order valence-corrected chi connectivity index (χ4v) is 2.09. The van der Waals surface area contributed by atoms with Crippen LogP contribution in [0.3, 0.4) is 0 Å². The van der Waals surface area contributed by atoms with Gasteiger partial charge in [-0.15, -0.1) is 0 Å². The standard InChI is InChI=1S/C15H21F2NO/c1-3-6-18(7-4-2)8-5-15(19)12-9-13(16)11-14(17)10-12/h9-11H,3-8H2,1-2H3. The number of carbonyl (C=O) groups excluding carboxylic acids is 1. The van der Waals surface area contributed by atoms with Crippen molar-refractivity contribution >= 4 is 5.78 Å². The molecule has 0 heterocycles. The zero-order chi connectivity index (χ0) is 14.3. The van der Waals surface area contributed by atoms with Gasteiger partial charge >= 0.3 is 0 Å². The maximum atomic E-state index is 13.0. The van der Waals surface area contributed by atoms with Crippen LogP contribution in [0.5, 0.6) is 0 Å². The van der Waals surface area contributed by atoms with Crippen LogP contribution in [0.25, 0.3) is 0 Å². The van der Waals surface area contributed by atoms with Gasteiger partial charge in [0.05, 0.1) is 0 Å². The Bertz CT molecular complexity index is 394. The first-order valence-electron chi connectivity index (χ1n) is 6.78. The van der Waals surface area contributed by atoms with Crippen LogP contribution >= 0.6 is 0 Å². The quantitative estimate of drug-likeness (QED) is 0.671. The molecule has 0 spiro atoms. The maximum Gasteiger partial charge on any atom is 0.164 e. The summed E-state index contributed by atoms with van der Waals surface area (Å²) in [4.78, 5) is 14.1. The van der Waals surface area contributed by atoms with Crippen molar-refractivity contribution in [1.82, 2.24) is 4.90 Å². The van der Waals surface area contributed by atoms with E-state index in [1.807, 2.05) is 0 Å². The Hall–Kier alpha value is -1.29. The highest BCUT2D eigenvalue weighted by molar-refractivity contribution is 5.96. The van der Waals surface area contributed by atoms with Gasteiger partial charge in [0.25, 0.3) is 0 Å². The van der Waals surface area contributed by atoms with E-state index in [2.05, 4.69) is 18.7 Å². The summed E-state index contributed by atoms with van der Waals surface area (Å²) < 4.78 is 26.1. The van der Waals surface area contributed by atoms with Gasteiger partial charge in [-0.2, -0.15) is 0 Å². The number of rotatable bonds is 8. The number of hydrogen-bond donors (Lipinski definition) is 0. The van der Waals surface area contributed by atoms with E-state index in [-0.39, 0.29) is 11.3 Å². The summed E-state index contributed by atoms with van der Waals surface area (Å²) in [6.07, 6.45) is 2.36. The first-order valence-corrected chi connectivity index (χ1v) is 6.78. The molecule has 0 bridgehead atoms. The predicted molar refractivity (Wildman–Crippen MR) is 72.3 cm³/mol. The lowest BCUT2D eigenvalue weighted by Gasteiger charge is -2.20. The number of Topliss-reactive ketones (excluding diaryl/α,β-unsaturated/α-hetero) is 1. The third-order valence-corrected chi connectivity index (χ3v) is 2.92. The molecule has 1 aromatic rings. The molecule has 19 heavy (non-hydrogen) atoms. The van der Waals surface area contributed by atoms with Crippen molar-refractivity contribution in [1.29, 1.82) is 0 Å². The summed E-state index contributed by atoms with van der Waals surface area (Å²) in [7, 11) is 0. The van der Waals surface area contributed by atoms with Crippen molar-refractivity contribution < 1.29 is 13.6 Å². The van der Waals surface area contributed by atoms with Crippen molar-refractivity contribution in [2.45, 2.75) is 33.1 Å². The van der Waals surface area contributed by atoms with Gasteiger partial charge in [0.15, 0.2) is 5.78 Å². The van der Waals surface area contributed by atoms with Gasteiger partial charge in [-0.05, 0) is 38.1 Å². The van der Waals surface area contributed by atoms with Crippen LogP contribution in [0.15, 0.2) is 18.2 Å². The highest BCUT2D eigenvalue weighted by atomic mass is 19.1. The summed E-state index contributed by atoms with van der Waals surface area (Å²) >= 11 is 0. The second kappa shape index (κ2) is 8.00. The highest BCUT2D eigenvalue weighted by Crippen LogP contribution is 2.10. The van der Waals surface area contributed by atoms with E-state index in [1.165, 1.54) is 0 Å². The van der Waals surface area contributed by atoms with E-state index < -0.39 is 11.6 Å². The molecule has 0 atom stereocenters. The molecule has 0 aliphatic heterocycles. The number of halogens is 2. The highest BCUT2D eigenvalue weighted by Gasteiger charge is 2.11. The van der Waals surface area contributed by atoms with Crippen molar-refractivity contribution in [2.24, 2.45) is 0 Å². The van der Waals surface area contributed by atoms with Gasteiger partial charge in [-0.25, -0.2) is 8.78 Å². The molecule has 4 heteroatoms. The number of nitrogens with zero attached hydrogens (tertiary/aromatic N) is 1. The van der Waals surface area contributed by atoms with E-state index in [9.17, 15) is 13.6 Å². The number of ketones is 1. The molecule has 1 aromatic carbocycles. The average molecular weight is 269 g/mol. The number of hydrogen-bond acceptors (Lipinski definition) is 2. The van der Waals surface area contributed by atoms with Gasteiger partial charge in [0.2, 0.25) is 0 Å². The summed E-state index contributed by atoms with van der Waals surface area (Å²) in [5.41, 5.74) is 0.116. The molecule has 1 rings (SSSR count). The SMILES string of the molecule is CCCN(CCC)CCC(=O)c1cc(F)cc(F)c1. The summed E-state index contributed by atoms with van der Waals surface area (Å²) in [6, 6.07) is 2.96. The van der Waals surface area contributed by atoms with Gasteiger partial charge in [-0.3, -0.25) is 4.79 Å². The van der Waals surface area contributed by atoms with Crippen molar-refractivity contribution in [3.8, 4) is 0 Å². The molecule has 0 amide bonds. The lowest BCUT2D eigenvalue weighted by Crippen LogP contribution is -2.28. The molecule has 0 unspecified atom stereocenters. The third kappa shape index (κ3) is 5.47. The lowest BCUT2D eigenvalue weighted by atomic mass is 10.1. The first-order chi connectivity index (χ1) is 9.06. The van der Waals surface area contributed by atoms with E-state index >= 15 is 0 Å². The molecule has 0 radical (unpaired) electrons. The van der Waals surface area contributed by atoms with Crippen molar-refractivity contribution in [2.75, 3.05) is 19.6 Å². The Balaban J connectivity index is 2.58. The first kappa shape index (κ1) is 15.8. The van der Waals surface area contributed by atoms with E-state index in [0.717, 1.165) is 44.1 Å². The normalized spacial score (nSPS) is 11.0. The molecule has 0 aliphatic carbocycles. The summed E-state index contributed by atoms with van der Waals surface area (Å²) in [6.45, 7) is 6.70. The Morgan fingerprint density at radius 3 is 2.00 bits per heavy atom. The molecule has 2 nitrogen and oxygen atoms in total. The Morgan fingerprint density at radius 2 is 1.53 bits per heavy atom. The summed E-state index contributed by atoms with van der Waals surface area (Å²) in [5.74, 6) is -1.62. The number of carbonyl (C=O) groups is 1. The Morgan fingerprint density at radius 1 is 1.00 bits per heavy atom. The lowest BCUT2D eigenvalue weighted by molar-refractivity contribution is 0.0963. The molecule has 0 aromatic heterocycles. The molecule has 106 valence electrons. The summed E-state index contributed by atoms with van der Waals surface area (Å²) in [5, 5.41) is 0. The monoisotopic (exact) mass is 269 g/mol. The zero-order valence-corrected chi connectivity index (χ0v) is 11.6. The van der Waals surface area contributed by atoms with Gasteiger partial charge in [0.1, 0.15) is 11.6 Å². The van der Waals surface area contributed by atoms with Gasteiger partial charge < -0.3 is 4.90 Å². The van der Waals surface area contributed by atoms with Gasteiger partial charge in [0, 0.05) is 24.6 Å².